The van der Waals surface area contributed by atoms with Crippen molar-refractivity contribution in [2.45, 2.75) is 0 Å². The number of hydrogen-bond acceptors (Lipinski definition) is 4. The van der Waals surface area contributed by atoms with E-state index >= 15 is 0 Å². The van der Waals surface area contributed by atoms with E-state index < -0.39 is 0 Å². The molecule has 6 heteroatoms. The summed E-state index contributed by atoms with van der Waals surface area (Å²) in [6, 6.07) is 3.02. The number of halogens is 1. The molecular formula is C12H10FN5. The normalized spacial score (nSPS) is 11.0. The molecule has 0 bridgehead atoms. The second kappa shape index (κ2) is 3.76. The standard InChI is InChI=1S/C12H10FN5/c1-18-6-7(9-3-5-16-12(14)17-9)10-8(13)2-4-15-11(10)18/h2-6H,1H3,(H2,14,16,17). The first-order chi connectivity index (χ1) is 8.66. The molecule has 3 rings (SSSR count). The number of hydrogen-bond donors (Lipinski definition) is 1. The molecule has 0 saturated carbocycles. The van der Waals surface area contributed by atoms with Crippen LogP contribution in [-0.2, 0) is 7.05 Å². The van der Waals surface area contributed by atoms with Gasteiger partial charge in [0.15, 0.2) is 0 Å². The highest BCUT2D eigenvalue weighted by Crippen LogP contribution is 2.29. The molecule has 0 radical (unpaired) electrons. The van der Waals surface area contributed by atoms with E-state index in [9.17, 15) is 4.39 Å². The van der Waals surface area contributed by atoms with E-state index in [0.29, 0.717) is 22.3 Å². The average molecular weight is 243 g/mol. The van der Waals surface area contributed by atoms with Crippen molar-refractivity contribution < 1.29 is 4.39 Å². The van der Waals surface area contributed by atoms with Crippen LogP contribution in [0.2, 0.25) is 0 Å². The molecule has 3 aromatic heterocycles. The van der Waals surface area contributed by atoms with Gasteiger partial charge in [0.05, 0.1) is 11.1 Å². The topological polar surface area (TPSA) is 69.6 Å². The maximum Gasteiger partial charge on any atom is 0.220 e. The fourth-order valence-corrected chi connectivity index (χ4v) is 1.98. The van der Waals surface area contributed by atoms with Crippen molar-refractivity contribution in [2.75, 3.05) is 5.73 Å². The van der Waals surface area contributed by atoms with Gasteiger partial charge in [-0.05, 0) is 12.1 Å². The molecule has 0 aliphatic carbocycles. The Morgan fingerprint density at radius 1 is 1.22 bits per heavy atom. The third-order valence-electron chi connectivity index (χ3n) is 2.76. The minimum atomic E-state index is -0.326. The molecule has 0 unspecified atom stereocenters. The van der Waals surface area contributed by atoms with Crippen LogP contribution >= 0.6 is 0 Å². The Kier molecular flexibility index (Phi) is 2.22. The third-order valence-corrected chi connectivity index (χ3v) is 2.76. The molecule has 5 nitrogen and oxygen atoms in total. The molecule has 0 aliphatic rings. The van der Waals surface area contributed by atoms with Crippen LogP contribution in [0.15, 0.2) is 30.7 Å². The molecule has 3 aromatic rings. The molecule has 0 amide bonds. The van der Waals surface area contributed by atoms with Gasteiger partial charge in [-0.3, -0.25) is 0 Å². The summed E-state index contributed by atoms with van der Waals surface area (Å²) in [5.74, 6) is -0.165. The van der Waals surface area contributed by atoms with Gasteiger partial charge in [-0.25, -0.2) is 19.3 Å². The molecule has 0 atom stereocenters. The van der Waals surface area contributed by atoms with Crippen LogP contribution in [0.3, 0.4) is 0 Å². The van der Waals surface area contributed by atoms with Crippen molar-refractivity contribution in [1.29, 1.82) is 0 Å². The van der Waals surface area contributed by atoms with Crippen LogP contribution in [0.1, 0.15) is 0 Å². The SMILES string of the molecule is Cn1cc(-c2ccnc(N)n2)c2c(F)ccnc21. The monoisotopic (exact) mass is 243 g/mol. The summed E-state index contributed by atoms with van der Waals surface area (Å²) in [6.45, 7) is 0. The minimum absolute atomic E-state index is 0.161. The minimum Gasteiger partial charge on any atom is -0.368 e. The van der Waals surface area contributed by atoms with Gasteiger partial charge >= 0.3 is 0 Å². The molecule has 0 aliphatic heterocycles. The highest BCUT2D eigenvalue weighted by Gasteiger charge is 2.14. The zero-order valence-electron chi connectivity index (χ0n) is 9.63. The lowest BCUT2D eigenvalue weighted by atomic mass is 10.1. The average Bonchev–Trinajstić information content (AvgIpc) is 2.69. The van der Waals surface area contributed by atoms with Crippen molar-refractivity contribution in [2.24, 2.45) is 7.05 Å². The predicted molar refractivity (Wildman–Crippen MR) is 66.1 cm³/mol. The number of aromatic nitrogens is 4. The number of nitrogens with two attached hydrogens (primary N) is 1. The highest BCUT2D eigenvalue weighted by atomic mass is 19.1. The maximum atomic E-state index is 13.9. The number of fused-ring (bicyclic) bond motifs is 1. The van der Waals surface area contributed by atoms with Gasteiger partial charge in [-0.1, -0.05) is 0 Å². The molecule has 18 heavy (non-hydrogen) atoms. The van der Waals surface area contributed by atoms with Crippen molar-refractivity contribution >= 4 is 17.0 Å². The highest BCUT2D eigenvalue weighted by molar-refractivity contribution is 5.93. The van der Waals surface area contributed by atoms with E-state index in [2.05, 4.69) is 15.0 Å². The third kappa shape index (κ3) is 1.50. The molecule has 0 fully saturated rings. The van der Waals surface area contributed by atoms with Crippen LogP contribution in [0.4, 0.5) is 10.3 Å². The quantitative estimate of drug-likeness (QED) is 0.707. The second-order valence-electron chi connectivity index (χ2n) is 3.95. The van der Waals surface area contributed by atoms with Crippen LogP contribution < -0.4 is 5.73 Å². The van der Waals surface area contributed by atoms with E-state index in [-0.39, 0.29) is 11.8 Å². The van der Waals surface area contributed by atoms with Crippen molar-refractivity contribution in [3.8, 4) is 11.3 Å². The Labute approximate surface area is 102 Å². The van der Waals surface area contributed by atoms with Gasteiger partial charge in [-0.2, -0.15) is 0 Å². The van der Waals surface area contributed by atoms with Crippen molar-refractivity contribution in [3.63, 3.8) is 0 Å². The molecule has 0 spiro atoms. The zero-order chi connectivity index (χ0) is 12.7. The lowest BCUT2D eigenvalue weighted by molar-refractivity contribution is 0.638. The van der Waals surface area contributed by atoms with Gasteiger partial charge in [0.1, 0.15) is 11.5 Å². The number of nitrogen functional groups attached to an aromatic ring is 1. The van der Waals surface area contributed by atoms with E-state index in [1.54, 1.807) is 23.0 Å². The molecule has 3 heterocycles. The summed E-state index contributed by atoms with van der Waals surface area (Å²) in [6.07, 6.45) is 4.77. The Balaban J connectivity index is 2.36. The number of aryl methyl sites for hydroxylation is 1. The Morgan fingerprint density at radius 3 is 2.78 bits per heavy atom. The van der Waals surface area contributed by atoms with Crippen molar-refractivity contribution in [1.82, 2.24) is 19.5 Å². The van der Waals surface area contributed by atoms with Crippen LogP contribution in [-0.4, -0.2) is 19.5 Å². The van der Waals surface area contributed by atoms with E-state index in [4.69, 9.17) is 5.73 Å². The first kappa shape index (κ1) is 10.6. The Morgan fingerprint density at radius 2 is 2.00 bits per heavy atom. The smallest absolute Gasteiger partial charge is 0.220 e. The number of nitrogens with zero attached hydrogens (tertiary/aromatic N) is 4. The van der Waals surface area contributed by atoms with Crippen molar-refractivity contribution in [3.05, 3.63) is 36.5 Å². The van der Waals surface area contributed by atoms with Gasteiger partial charge in [0.2, 0.25) is 5.95 Å². The Bertz CT molecular complexity index is 734. The van der Waals surface area contributed by atoms with E-state index in [1.165, 1.54) is 12.3 Å². The summed E-state index contributed by atoms with van der Waals surface area (Å²) < 4.78 is 15.7. The van der Waals surface area contributed by atoms with Gasteiger partial charge < -0.3 is 10.3 Å². The second-order valence-corrected chi connectivity index (χ2v) is 3.95. The summed E-state index contributed by atoms with van der Waals surface area (Å²) in [5.41, 5.74) is 7.36. The summed E-state index contributed by atoms with van der Waals surface area (Å²) >= 11 is 0. The van der Waals surface area contributed by atoms with E-state index in [1.807, 2.05) is 7.05 Å². The molecule has 90 valence electrons. The maximum absolute atomic E-state index is 13.9. The fourth-order valence-electron chi connectivity index (χ4n) is 1.98. The number of rotatable bonds is 1. The van der Waals surface area contributed by atoms with Crippen LogP contribution in [0.5, 0.6) is 0 Å². The Hall–Kier alpha value is -2.50. The lowest BCUT2D eigenvalue weighted by Gasteiger charge is -1.99. The summed E-state index contributed by atoms with van der Waals surface area (Å²) in [4.78, 5) is 12.1. The van der Waals surface area contributed by atoms with Gasteiger partial charge in [0, 0.05) is 31.2 Å². The van der Waals surface area contributed by atoms with Crippen LogP contribution in [0, 0.1) is 5.82 Å². The van der Waals surface area contributed by atoms with Gasteiger partial charge in [-0.15, -0.1) is 0 Å². The molecule has 2 N–H and O–H groups in total. The number of pyridine rings is 1. The van der Waals surface area contributed by atoms with Crippen LogP contribution in [0.25, 0.3) is 22.3 Å². The largest absolute Gasteiger partial charge is 0.368 e. The summed E-state index contributed by atoms with van der Waals surface area (Å²) in [5, 5.41) is 0.443. The predicted octanol–water partition coefficient (Wildman–Crippen LogP) is 1.75. The van der Waals surface area contributed by atoms with Gasteiger partial charge in [0.25, 0.3) is 0 Å². The zero-order valence-corrected chi connectivity index (χ0v) is 9.63. The molecule has 0 aromatic carbocycles. The lowest BCUT2D eigenvalue weighted by Crippen LogP contribution is -1.95. The van der Waals surface area contributed by atoms with E-state index in [0.717, 1.165) is 0 Å². The summed E-state index contributed by atoms with van der Waals surface area (Å²) in [7, 11) is 1.81. The molecule has 0 saturated heterocycles. The first-order valence-corrected chi connectivity index (χ1v) is 5.35. The first-order valence-electron chi connectivity index (χ1n) is 5.35. The molecular weight excluding hydrogens is 233 g/mol. The number of anilines is 1. The fraction of sp³-hybridized carbons (Fsp3) is 0.0833.